The van der Waals surface area contributed by atoms with Crippen molar-refractivity contribution in [3.8, 4) is 0 Å². The van der Waals surface area contributed by atoms with Crippen molar-refractivity contribution in [2.45, 2.75) is 25.8 Å². The molecule has 2 aromatic rings. The minimum atomic E-state index is 0.925. The molecular weight excluding hydrogens is 236 g/mol. The molecule has 0 fully saturated rings. The Bertz CT molecular complexity index is 520. The third kappa shape index (κ3) is 3.18. The lowest BCUT2D eigenvalue weighted by atomic mass is 10.0. The van der Waals surface area contributed by atoms with Crippen LogP contribution in [0.4, 0.5) is 5.69 Å². The summed E-state index contributed by atoms with van der Waals surface area (Å²) in [5.74, 6) is 1.04. The van der Waals surface area contributed by atoms with Crippen molar-refractivity contribution in [3.05, 3.63) is 53.5 Å². The van der Waals surface area contributed by atoms with Crippen LogP contribution in [0.3, 0.4) is 0 Å². The van der Waals surface area contributed by atoms with Crippen LogP contribution in [-0.4, -0.2) is 13.1 Å². The number of rotatable bonds is 5. The lowest BCUT2D eigenvalue weighted by molar-refractivity contribution is 0.499. The Morgan fingerprint density at radius 3 is 3.16 bits per heavy atom. The summed E-state index contributed by atoms with van der Waals surface area (Å²) >= 11 is 0. The van der Waals surface area contributed by atoms with Crippen molar-refractivity contribution >= 4 is 5.69 Å². The molecule has 0 saturated carbocycles. The highest BCUT2D eigenvalue weighted by Crippen LogP contribution is 2.22. The lowest BCUT2D eigenvalue weighted by Gasteiger charge is -2.18. The van der Waals surface area contributed by atoms with Crippen LogP contribution in [0.1, 0.15) is 23.3 Å². The maximum Gasteiger partial charge on any atom is 0.105 e. The van der Waals surface area contributed by atoms with Crippen molar-refractivity contribution in [1.29, 1.82) is 0 Å². The highest BCUT2D eigenvalue weighted by Gasteiger charge is 2.08. The van der Waals surface area contributed by atoms with Gasteiger partial charge in [0, 0.05) is 31.7 Å². The molecule has 2 heterocycles. The standard InChI is InChI=1S/C16H20N2O/c1-3-14-11-13(5-6-16(14)18-8-1)12-17-9-7-15-4-2-10-19-15/h2,4-6,10-11,17-18H,1,3,7-9,12H2. The molecule has 0 atom stereocenters. The summed E-state index contributed by atoms with van der Waals surface area (Å²) in [5, 5.41) is 6.91. The first-order valence-electron chi connectivity index (χ1n) is 7.00. The molecule has 0 amide bonds. The first-order valence-corrected chi connectivity index (χ1v) is 7.00. The van der Waals surface area contributed by atoms with Gasteiger partial charge in [0.15, 0.2) is 0 Å². The van der Waals surface area contributed by atoms with Gasteiger partial charge in [-0.15, -0.1) is 0 Å². The minimum Gasteiger partial charge on any atom is -0.469 e. The molecule has 1 aliphatic rings. The molecule has 0 spiro atoms. The molecule has 1 aromatic carbocycles. The number of anilines is 1. The molecule has 0 saturated heterocycles. The maximum absolute atomic E-state index is 5.31. The number of hydrogen-bond acceptors (Lipinski definition) is 3. The maximum atomic E-state index is 5.31. The van der Waals surface area contributed by atoms with Gasteiger partial charge in [-0.05, 0) is 42.2 Å². The molecule has 0 unspecified atom stereocenters. The predicted octanol–water partition coefficient (Wildman–Crippen LogP) is 2.97. The van der Waals surface area contributed by atoms with E-state index in [1.54, 1.807) is 6.26 Å². The van der Waals surface area contributed by atoms with Gasteiger partial charge >= 0.3 is 0 Å². The van der Waals surface area contributed by atoms with Crippen LogP contribution in [0.5, 0.6) is 0 Å². The average Bonchev–Trinajstić information content (AvgIpc) is 2.97. The molecule has 0 aliphatic carbocycles. The van der Waals surface area contributed by atoms with Gasteiger partial charge < -0.3 is 15.1 Å². The second-order valence-electron chi connectivity index (χ2n) is 5.03. The van der Waals surface area contributed by atoms with E-state index in [1.165, 1.54) is 29.7 Å². The zero-order chi connectivity index (χ0) is 12.9. The van der Waals surface area contributed by atoms with E-state index in [0.29, 0.717) is 0 Å². The van der Waals surface area contributed by atoms with Crippen LogP contribution in [0.15, 0.2) is 41.0 Å². The van der Waals surface area contributed by atoms with E-state index in [1.807, 2.05) is 12.1 Å². The van der Waals surface area contributed by atoms with Gasteiger partial charge in [-0.2, -0.15) is 0 Å². The molecule has 1 aliphatic heterocycles. The predicted molar refractivity (Wildman–Crippen MR) is 77.4 cm³/mol. The summed E-state index contributed by atoms with van der Waals surface area (Å²) in [5.41, 5.74) is 4.13. The van der Waals surface area contributed by atoms with Crippen LogP contribution in [0.25, 0.3) is 0 Å². The molecular formula is C16H20N2O. The quantitative estimate of drug-likeness (QED) is 0.808. The fourth-order valence-electron chi connectivity index (χ4n) is 2.54. The van der Waals surface area contributed by atoms with Crippen LogP contribution >= 0.6 is 0 Å². The monoisotopic (exact) mass is 256 g/mol. The van der Waals surface area contributed by atoms with Gasteiger partial charge in [-0.1, -0.05) is 12.1 Å². The Labute approximate surface area is 114 Å². The van der Waals surface area contributed by atoms with Crippen molar-refractivity contribution < 1.29 is 4.42 Å². The molecule has 1 aromatic heterocycles. The number of hydrogen-bond donors (Lipinski definition) is 2. The lowest BCUT2D eigenvalue weighted by Crippen LogP contribution is -2.17. The number of furan rings is 1. The SMILES string of the molecule is c1coc(CCNCc2ccc3c(c2)CCCN3)c1. The summed E-state index contributed by atoms with van der Waals surface area (Å²) in [6.07, 6.45) is 5.11. The Hall–Kier alpha value is -1.74. The zero-order valence-electron chi connectivity index (χ0n) is 11.1. The average molecular weight is 256 g/mol. The van der Waals surface area contributed by atoms with Crippen LogP contribution in [-0.2, 0) is 19.4 Å². The summed E-state index contributed by atoms with van der Waals surface area (Å²) in [6, 6.07) is 10.7. The molecule has 3 heteroatoms. The van der Waals surface area contributed by atoms with E-state index in [0.717, 1.165) is 31.8 Å². The van der Waals surface area contributed by atoms with E-state index in [2.05, 4.69) is 28.8 Å². The third-order valence-electron chi connectivity index (χ3n) is 3.57. The number of nitrogens with one attached hydrogen (secondary N) is 2. The number of aryl methyl sites for hydroxylation is 1. The Morgan fingerprint density at radius 1 is 1.26 bits per heavy atom. The van der Waals surface area contributed by atoms with E-state index in [4.69, 9.17) is 4.42 Å². The Morgan fingerprint density at radius 2 is 2.26 bits per heavy atom. The van der Waals surface area contributed by atoms with Gasteiger partial charge in [0.05, 0.1) is 6.26 Å². The van der Waals surface area contributed by atoms with Gasteiger partial charge in [-0.25, -0.2) is 0 Å². The molecule has 3 nitrogen and oxygen atoms in total. The number of fused-ring (bicyclic) bond motifs is 1. The molecule has 3 rings (SSSR count). The molecule has 19 heavy (non-hydrogen) atoms. The molecule has 0 bridgehead atoms. The second kappa shape index (κ2) is 5.93. The van der Waals surface area contributed by atoms with E-state index < -0.39 is 0 Å². The third-order valence-corrected chi connectivity index (χ3v) is 3.57. The van der Waals surface area contributed by atoms with Crippen molar-refractivity contribution in [3.63, 3.8) is 0 Å². The van der Waals surface area contributed by atoms with Crippen molar-refractivity contribution in [2.75, 3.05) is 18.4 Å². The second-order valence-corrected chi connectivity index (χ2v) is 5.03. The summed E-state index contributed by atoms with van der Waals surface area (Å²) in [4.78, 5) is 0. The highest BCUT2D eigenvalue weighted by molar-refractivity contribution is 5.54. The highest BCUT2D eigenvalue weighted by atomic mass is 16.3. The summed E-state index contributed by atoms with van der Waals surface area (Å²) in [6.45, 7) is 2.98. The van der Waals surface area contributed by atoms with E-state index in [9.17, 15) is 0 Å². The Kier molecular flexibility index (Phi) is 3.84. The molecule has 2 N–H and O–H groups in total. The van der Waals surface area contributed by atoms with Crippen LogP contribution in [0.2, 0.25) is 0 Å². The fourth-order valence-corrected chi connectivity index (χ4v) is 2.54. The van der Waals surface area contributed by atoms with Crippen molar-refractivity contribution in [2.24, 2.45) is 0 Å². The summed E-state index contributed by atoms with van der Waals surface area (Å²) in [7, 11) is 0. The normalized spacial score (nSPS) is 13.9. The molecule has 100 valence electrons. The fraction of sp³-hybridized carbons (Fsp3) is 0.375. The Balaban J connectivity index is 1.50. The van der Waals surface area contributed by atoms with Crippen molar-refractivity contribution in [1.82, 2.24) is 5.32 Å². The molecule has 0 radical (unpaired) electrons. The van der Waals surface area contributed by atoms with Crippen LogP contribution < -0.4 is 10.6 Å². The zero-order valence-corrected chi connectivity index (χ0v) is 11.1. The van der Waals surface area contributed by atoms with Crippen LogP contribution in [0, 0.1) is 0 Å². The van der Waals surface area contributed by atoms with Gasteiger partial charge in [0.1, 0.15) is 5.76 Å². The van der Waals surface area contributed by atoms with E-state index >= 15 is 0 Å². The first-order chi connectivity index (χ1) is 9.42. The largest absolute Gasteiger partial charge is 0.469 e. The smallest absolute Gasteiger partial charge is 0.105 e. The number of benzene rings is 1. The summed E-state index contributed by atoms with van der Waals surface area (Å²) < 4.78 is 5.31. The topological polar surface area (TPSA) is 37.2 Å². The minimum absolute atomic E-state index is 0.925. The van der Waals surface area contributed by atoms with Gasteiger partial charge in [0.25, 0.3) is 0 Å². The van der Waals surface area contributed by atoms with E-state index in [-0.39, 0.29) is 0 Å². The van der Waals surface area contributed by atoms with Gasteiger partial charge in [-0.3, -0.25) is 0 Å². The van der Waals surface area contributed by atoms with Gasteiger partial charge in [0.2, 0.25) is 0 Å². The first kappa shape index (κ1) is 12.3.